The van der Waals surface area contributed by atoms with Crippen molar-refractivity contribution in [2.24, 2.45) is 0 Å². The van der Waals surface area contributed by atoms with Gasteiger partial charge in [0, 0.05) is 6.07 Å². The second-order valence-electron chi connectivity index (χ2n) is 4.31. The van der Waals surface area contributed by atoms with Gasteiger partial charge in [0.1, 0.15) is 28.0 Å². The maximum absolute atomic E-state index is 12.5. The molecule has 0 amide bonds. The second-order valence-corrected chi connectivity index (χ2v) is 5.10. The van der Waals surface area contributed by atoms with E-state index in [0.717, 1.165) is 0 Å². The van der Waals surface area contributed by atoms with E-state index < -0.39 is 11.5 Å². The first-order valence-electron chi connectivity index (χ1n) is 6.07. The van der Waals surface area contributed by atoms with Gasteiger partial charge in [0.15, 0.2) is 0 Å². The SMILES string of the molecule is COc1cc(O)c(C(=O)c2ccc(OC)c(Cl)c2O)cc1Cl. The van der Waals surface area contributed by atoms with Crippen LogP contribution >= 0.6 is 23.2 Å². The van der Waals surface area contributed by atoms with Crippen LogP contribution in [0.5, 0.6) is 23.0 Å². The molecule has 0 saturated heterocycles. The normalized spacial score (nSPS) is 10.4. The maximum atomic E-state index is 12.5. The second kappa shape index (κ2) is 6.34. The van der Waals surface area contributed by atoms with Crippen LogP contribution in [0.25, 0.3) is 0 Å². The van der Waals surface area contributed by atoms with Gasteiger partial charge in [0.05, 0.1) is 30.4 Å². The summed E-state index contributed by atoms with van der Waals surface area (Å²) < 4.78 is 9.90. The summed E-state index contributed by atoms with van der Waals surface area (Å²) in [5.74, 6) is -0.931. The van der Waals surface area contributed by atoms with Crippen molar-refractivity contribution in [2.75, 3.05) is 14.2 Å². The van der Waals surface area contributed by atoms with Gasteiger partial charge in [-0.05, 0) is 18.2 Å². The lowest BCUT2D eigenvalue weighted by atomic mass is 10.0. The lowest BCUT2D eigenvalue weighted by Crippen LogP contribution is -2.03. The van der Waals surface area contributed by atoms with E-state index in [-0.39, 0.29) is 38.4 Å². The molecular formula is C15H12Cl2O5. The van der Waals surface area contributed by atoms with Crippen molar-refractivity contribution in [3.63, 3.8) is 0 Å². The molecule has 0 fully saturated rings. The van der Waals surface area contributed by atoms with Gasteiger partial charge >= 0.3 is 0 Å². The van der Waals surface area contributed by atoms with Crippen molar-refractivity contribution in [1.82, 2.24) is 0 Å². The number of carbonyl (C=O) groups is 1. The Morgan fingerprint density at radius 2 is 1.64 bits per heavy atom. The number of carbonyl (C=O) groups excluding carboxylic acids is 1. The highest BCUT2D eigenvalue weighted by Gasteiger charge is 2.22. The van der Waals surface area contributed by atoms with Gasteiger partial charge in [-0.1, -0.05) is 23.2 Å². The molecule has 0 unspecified atom stereocenters. The molecule has 0 radical (unpaired) electrons. The number of hydrogen-bond acceptors (Lipinski definition) is 5. The molecule has 5 nitrogen and oxygen atoms in total. The summed E-state index contributed by atoms with van der Waals surface area (Å²) in [6, 6.07) is 5.27. The first-order chi connectivity index (χ1) is 10.4. The fraction of sp³-hybridized carbons (Fsp3) is 0.133. The molecule has 2 rings (SSSR count). The first kappa shape index (κ1) is 16.3. The van der Waals surface area contributed by atoms with Crippen LogP contribution in [-0.4, -0.2) is 30.2 Å². The lowest BCUT2D eigenvalue weighted by Gasteiger charge is -2.11. The molecule has 2 aromatic carbocycles. The topological polar surface area (TPSA) is 76.0 Å². The average Bonchev–Trinajstić information content (AvgIpc) is 2.51. The number of rotatable bonds is 4. The highest BCUT2D eigenvalue weighted by Crippen LogP contribution is 2.39. The molecule has 0 spiro atoms. The summed E-state index contributed by atoms with van der Waals surface area (Å²) in [7, 11) is 2.77. The standard InChI is InChI=1S/C15H12Cl2O5/c1-21-11-4-3-7(15(20)13(11)17)14(19)8-5-9(16)12(22-2)6-10(8)18/h3-6,18,20H,1-2H3. The molecule has 0 atom stereocenters. The molecule has 0 aliphatic rings. The van der Waals surface area contributed by atoms with Gasteiger partial charge < -0.3 is 19.7 Å². The molecule has 116 valence electrons. The Labute approximate surface area is 136 Å². The summed E-state index contributed by atoms with van der Waals surface area (Å²) in [5.41, 5.74) is -0.162. The highest BCUT2D eigenvalue weighted by atomic mass is 35.5. The van der Waals surface area contributed by atoms with Crippen molar-refractivity contribution in [3.05, 3.63) is 45.4 Å². The predicted molar refractivity (Wildman–Crippen MR) is 82.8 cm³/mol. The Balaban J connectivity index is 2.54. The van der Waals surface area contributed by atoms with E-state index in [0.29, 0.717) is 0 Å². The Morgan fingerprint density at radius 3 is 2.23 bits per heavy atom. The predicted octanol–water partition coefficient (Wildman–Crippen LogP) is 3.65. The van der Waals surface area contributed by atoms with E-state index in [1.54, 1.807) is 0 Å². The molecule has 0 heterocycles. The van der Waals surface area contributed by atoms with Crippen molar-refractivity contribution in [3.8, 4) is 23.0 Å². The molecule has 0 aliphatic carbocycles. The van der Waals surface area contributed by atoms with Crippen LogP contribution in [0.3, 0.4) is 0 Å². The minimum absolute atomic E-state index is 0.0812. The smallest absolute Gasteiger partial charge is 0.200 e. The van der Waals surface area contributed by atoms with Gasteiger partial charge in [-0.15, -0.1) is 0 Å². The summed E-state index contributed by atoms with van der Waals surface area (Å²) in [6.45, 7) is 0. The quantitative estimate of drug-likeness (QED) is 0.829. The first-order valence-corrected chi connectivity index (χ1v) is 6.83. The number of hydrogen-bond donors (Lipinski definition) is 2. The van der Waals surface area contributed by atoms with Gasteiger partial charge in [-0.3, -0.25) is 4.79 Å². The largest absolute Gasteiger partial charge is 0.507 e. The van der Waals surface area contributed by atoms with Crippen LogP contribution in [0.4, 0.5) is 0 Å². The number of halogens is 2. The van der Waals surface area contributed by atoms with E-state index in [2.05, 4.69) is 0 Å². The third-order valence-corrected chi connectivity index (χ3v) is 3.72. The number of ether oxygens (including phenoxy) is 2. The summed E-state index contributed by atoms with van der Waals surface area (Å²) in [5, 5.41) is 20.0. The third kappa shape index (κ3) is 2.77. The lowest BCUT2D eigenvalue weighted by molar-refractivity contribution is 0.103. The maximum Gasteiger partial charge on any atom is 0.200 e. The van der Waals surface area contributed by atoms with Crippen LogP contribution in [-0.2, 0) is 0 Å². The molecule has 0 aromatic heterocycles. The monoisotopic (exact) mass is 342 g/mol. The Bertz CT molecular complexity index is 737. The van der Waals surface area contributed by atoms with Crippen LogP contribution in [0.2, 0.25) is 10.0 Å². The Morgan fingerprint density at radius 1 is 1.00 bits per heavy atom. The molecule has 0 aliphatic heterocycles. The van der Waals surface area contributed by atoms with E-state index in [1.807, 2.05) is 0 Å². The number of phenolic OH excluding ortho intramolecular Hbond substituents is 2. The fourth-order valence-corrected chi connectivity index (χ4v) is 2.40. The zero-order valence-corrected chi connectivity index (χ0v) is 13.2. The van der Waals surface area contributed by atoms with Crippen LogP contribution < -0.4 is 9.47 Å². The van der Waals surface area contributed by atoms with E-state index >= 15 is 0 Å². The van der Waals surface area contributed by atoms with Crippen molar-refractivity contribution in [1.29, 1.82) is 0 Å². The van der Waals surface area contributed by atoms with Gasteiger partial charge in [0.25, 0.3) is 0 Å². The van der Waals surface area contributed by atoms with Crippen LogP contribution in [0, 0.1) is 0 Å². The van der Waals surface area contributed by atoms with Crippen LogP contribution in [0.15, 0.2) is 24.3 Å². The minimum Gasteiger partial charge on any atom is -0.507 e. The molecule has 22 heavy (non-hydrogen) atoms. The summed E-state index contributed by atoms with van der Waals surface area (Å²) >= 11 is 11.9. The van der Waals surface area contributed by atoms with Crippen molar-refractivity contribution >= 4 is 29.0 Å². The summed E-state index contributed by atoms with van der Waals surface area (Å²) in [6.07, 6.45) is 0. The van der Waals surface area contributed by atoms with Gasteiger partial charge in [0.2, 0.25) is 5.78 Å². The van der Waals surface area contributed by atoms with Crippen LogP contribution in [0.1, 0.15) is 15.9 Å². The van der Waals surface area contributed by atoms with Crippen molar-refractivity contribution in [2.45, 2.75) is 0 Å². The molecule has 0 saturated carbocycles. The third-order valence-electron chi connectivity index (χ3n) is 3.06. The molecule has 0 bridgehead atoms. The van der Waals surface area contributed by atoms with E-state index in [9.17, 15) is 15.0 Å². The number of phenols is 2. The molecule has 2 N–H and O–H groups in total. The average molecular weight is 343 g/mol. The van der Waals surface area contributed by atoms with Gasteiger partial charge in [-0.2, -0.15) is 0 Å². The molecule has 7 heteroatoms. The number of aromatic hydroxyl groups is 2. The molecular weight excluding hydrogens is 331 g/mol. The minimum atomic E-state index is -0.635. The van der Waals surface area contributed by atoms with E-state index in [4.69, 9.17) is 32.7 Å². The Hall–Kier alpha value is -2.11. The number of ketones is 1. The van der Waals surface area contributed by atoms with Gasteiger partial charge in [-0.25, -0.2) is 0 Å². The number of methoxy groups -OCH3 is 2. The number of benzene rings is 2. The zero-order valence-electron chi connectivity index (χ0n) is 11.7. The summed E-state index contributed by atoms with van der Waals surface area (Å²) in [4.78, 5) is 12.5. The highest BCUT2D eigenvalue weighted by molar-refractivity contribution is 6.35. The molecule has 2 aromatic rings. The zero-order chi connectivity index (χ0) is 16.4. The fourth-order valence-electron chi connectivity index (χ4n) is 1.91. The Kier molecular flexibility index (Phi) is 4.68. The van der Waals surface area contributed by atoms with E-state index in [1.165, 1.54) is 38.5 Å². The van der Waals surface area contributed by atoms with Crippen molar-refractivity contribution < 1.29 is 24.5 Å².